The first kappa shape index (κ1) is 29.3. The van der Waals surface area contributed by atoms with Gasteiger partial charge >= 0.3 is 18.0 Å². The van der Waals surface area contributed by atoms with Crippen molar-refractivity contribution in [1.29, 1.82) is 0 Å². The third kappa shape index (κ3) is 10.5. The van der Waals surface area contributed by atoms with Crippen molar-refractivity contribution < 1.29 is 38.5 Å². The second-order valence-electron chi connectivity index (χ2n) is 11.1. The zero-order valence-electron chi connectivity index (χ0n) is 21.7. The number of esters is 2. The Kier molecular flexibility index (Phi) is 9.63. The monoisotopic (exact) mass is 485 g/mol. The number of carbonyl (C=O) groups excluding carboxylic acids is 4. The Morgan fingerprint density at radius 1 is 1.00 bits per heavy atom. The van der Waals surface area contributed by atoms with E-state index in [1.54, 1.807) is 62.3 Å². The molecule has 2 atom stereocenters. The second kappa shape index (κ2) is 11.2. The molecule has 1 aliphatic heterocycles. The second-order valence-corrected chi connectivity index (χ2v) is 11.1. The van der Waals surface area contributed by atoms with Crippen LogP contribution in [-0.2, 0) is 28.6 Å². The zero-order valence-corrected chi connectivity index (χ0v) is 21.7. The molecule has 194 valence electrons. The molecule has 0 aromatic rings. The molecule has 0 spiro atoms. The molecule has 11 heteroatoms. The van der Waals surface area contributed by atoms with E-state index in [0.29, 0.717) is 0 Å². The quantitative estimate of drug-likeness (QED) is 0.412. The van der Waals surface area contributed by atoms with Gasteiger partial charge in [0, 0.05) is 12.3 Å². The Labute approximate surface area is 201 Å². The topological polar surface area (TPSA) is 144 Å². The van der Waals surface area contributed by atoms with Crippen molar-refractivity contribution in [3.8, 4) is 0 Å². The number of hydrazone groups is 1. The van der Waals surface area contributed by atoms with Crippen LogP contribution < -0.4 is 5.32 Å². The van der Waals surface area contributed by atoms with Crippen LogP contribution in [-0.4, -0.2) is 75.8 Å². The highest BCUT2D eigenvalue weighted by atomic mass is 16.6. The molecule has 0 fully saturated rings. The summed E-state index contributed by atoms with van der Waals surface area (Å²) in [6, 6.07) is -1.23. The Morgan fingerprint density at radius 3 is 2.00 bits per heavy atom. The van der Waals surface area contributed by atoms with E-state index in [9.17, 15) is 24.3 Å². The van der Waals surface area contributed by atoms with Crippen LogP contribution in [0.3, 0.4) is 0 Å². The number of amides is 2. The molecule has 11 nitrogen and oxygen atoms in total. The number of ether oxygens (including phenoxy) is 3. The predicted molar refractivity (Wildman–Crippen MR) is 124 cm³/mol. The van der Waals surface area contributed by atoms with Crippen molar-refractivity contribution in [1.82, 2.24) is 10.3 Å². The molecule has 1 heterocycles. The number of hydrogen-bond donors (Lipinski definition) is 2. The molecule has 0 aliphatic carbocycles. The van der Waals surface area contributed by atoms with E-state index in [4.69, 9.17) is 14.2 Å². The van der Waals surface area contributed by atoms with E-state index in [1.165, 1.54) is 0 Å². The summed E-state index contributed by atoms with van der Waals surface area (Å²) in [4.78, 5) is 50.9. The molecule has 0 unspecified atom stereocenters. The van der Waals surface area contributed by atoms with Gasteiger partial charge in [-0.2, -0.15) is 5.10 Å². The Bertz CT molecular complexity index is 803. The van der Waals surface area contributed by atoms with E-state index in [1.807, 2.05) is 0 Å². The number of carbonyl (C=O) groups is 4. The first-order chi connectivity index (χ1) is 15.3. The highest BCUT2D eigenvalue weighted by molar-refractivity contribution is 6.37. The summed E-state index contributed by atoms with van der Waals surface area (Å²) in [5.74, 6) is -2.86. The molecular formula is C23H39N3O8. The van der Waals surface area contributed by atoms with Crippen LogP contribution in [0.5, 0.6) is 0 Å². The number of hydrogen-bond acceptors (Lipinski definition) is 9. The summed E-state index contributed by atoms with van der Waals surface area (Å²) in [5, 5.41) is 16.8. The molecule has 0 bridgehead atoms. The van der Waals surface area contributed by atoms with Gasteiger partial charge in [0.2, 0.25) is 5.91 Å². The molecule has 2 amide bonds. The third-order valence-electron chi connectivity index (χ3n) is 4.13. The van der Waals surface area contributed by atoms with Crippen molar-refractivity contribution in [2.24, 2.45) is 11.0 Å². The first-order valence-corrected chi connectivity index (χ1v) is 11.3. The fourth-order valence-corrected chi connectivity index (χ4v) is 2.99. The van der Waals surface area contributed by atoms with Crippen LogP contribution in [0.25, 0.3) is 0 Å². The van der Waals surface area contributed by atoms with Crippen LogP contribution in [0, 0.1) is 5.92 Å². The largest absolute Gasteiger partial charge is 0.458 e. The number of aliphatic hydroxyl groups is 1. The normalized spacial score (nSPS) is 18.1. The highest BCUT2D eigenvalue weighted by Crippen LogP contribution is 2.24. The van der Waals surface area contributed by atoms with Gasteiger partial charge in [-0.05, 0) is 68.7 Å². The van der Waals surface area contributed by atoms with Crippen LogP contribution >= 0.6 is 0 Å². The lowest BCUT2D eigenvalue weighted by Gasteiger charge is -2.32. The Morgan fingerprint density at radius 2 is 1.53 bits per heavy atom. The van der Waals surface area contributed by atoms with E-state index < -0.39 is 52.7 Å². The van der Waals surface area contributed by atoms with E-state index in [2.05, 4.69) is 10.4 Å². The summed E-state index contributed by atoms with van der Waals surface area (Å²) < 4.78 is 16.1. The van der Waals surface area contributed by atoms with Gasteiger partial charge in [-0.3, -0.25) is 4.79 Å². The molecule has 0 radical (unpaired) electrons. The average molecular weight is 486 g/mol. The first-order valence-electron chi connectivity index (χ1n) is 11.3. The average Bonchev–Trinajstić information content (AvgIpc) is 2.59. The van der Waals surface area contributed by atoms with Crippen molar-refractivity contribution in [2.75, 3.05) is 13.2 Å². The third-order valence-corrected chi connectivity index (χ3v) is 4.13. The highest BCUT2D eigenvalue weighted by Gasteiger charge is 2.39. The van der Waals surface area contributed by atoms with Gasteiger partial charge in [0.1, 0.15) is 28.6 Å². The lowest BCUT2D eigenvalue weighted by molar-refractivity contribution is -0.158. The number of alkyl carbamates (subject to hydrolysis) is 1. The molecular weight excluding hydrogens is 446 g/mol. The van der Waals surface area contributed by atoms with Gasteiger partial charge in [-0.25, -0.2) is 19.4 Å². The zero-order chi connectivity index (χ0) is 26.5. The molecule has 0 saturated heterocycles. The molecule has 0 aromatic carbocycles. The molecule has 1 rings (SSSR count). The van der Waals surface area contributed by atoms with Gasteiger partial charge in [-0.1, -0.05) is 0 Å². The Hall–Kier alpha value is -2.69. The van der Waals surface area contributed by atoms with Gasteiger partial charge in [-0.15, -0.1) is 0 Å². The minimum absolute atomic E-state index is 0.0202. The van der Waals surface area contributed by atoms with Crippen molar-refractivity contribution in [2.45, 2.75) is 98.0 Å². The van der Waals surface area contributed by atoms with Gasteiger partial charge in [0.05, 0.1) is 13.2 Å². The SMILES string of the molecule is CC(C)(C)OC(=O)N[C@@H](C[C@H]1CC(C(=O)OC(C)(C)C)=NN(CCO)C1=O)C(=O)OC(C)(C)C. The lowest BCUT2D eigenvalue weighted by atomic mass is 9.91. The maximum Gasteiger partial charge on any atom is 0.408 e. The lowest BCUT2D eigenvalue weighted by Crippen LogP contribution is -2.50. The predicted octanol–water partition coefficient (Wildman–Crippen LogP) is 2.15. The van der Waals surface area contributed by atoms with Crippen molar-refractivity contribution in [3.05, 3.63) is 0 Å². The van der Waals surface area contributed by atoms with Crippen molar-refractivity contribution in [3.63, 3.8) is 0 Å². The van der Waals surface area contributed by atoms with E-state index in [0.717, 1.165) is 5.01 Å². The summed E-state index contributed by atoms with van der Waals surface area (Å²) in [6.45, 7) is 14.6. The minimum atomic E-state index is -1.23. The number of β-amino-alcohol motifs (C(OH)–C–C–N with tert-alkyl or cyclic N) is 1. The van der Waals surface area contributed by atoms with Crippen molar-refractivity contribution >= 4 is 29.7 Å². The van der Waals surface area contributed by atoms with E-state index in [-0.39, 0.29) is 31.7 Å². The van der Waals surface area contributed by atoms with Crippen LogP contribution in [0.1, 0.15) is 75.2 Å². The number of nitrogens with zero attached hydrogens (tertiary/aromatic N) is 2. The smallest absolute Gasteiger partial charge is 0.408 e. The maximum absolute atomic E-state index is 13.0. The standard InChI is InChI=1S/C23H39N3O8/c1-21(2,3)32-18(29)15(24-20(31)34-23(7,8)9)12-14-13-16(19(30)33-22(4,5)6)25-26(10-11-27)17(14)28/h14-15,27H,10-13H2,1-9H3,(H,24,31)/t14-,15-/m0/s1. The Balaban J connectivity index is 3.19. The molecule has 0 saturated carbocycles. The molecule has 2 N–H and O–H groups in total. The van der Waals surface area contributed by atoms with Gasteiger partial charge in [0.15, 0.2) is 0 Å². The minimum Gasteiger partial charge on any atom is -0.458 e. The molecule has 1 aliphatic rings. The van der Waals surface area contributed by atoms with Gasteiger partial charge < -0.3 is 24.6 Å². The summed E-state index contributed by atoms with van der Waals surface area (Å²) in [7, 11) is 0. The maximum atomic E-state index is 13.0. The molecule has 34 heavy (non-hydrogen) atoms. The summed E-state index contributed by atoms with van der Waals surface area (Å²) in [6.07, 6.45) is -1.12. The number of nitrogens with one attached hydrogen (secondary N) is 1. The van der Waals surface area contributed by atoms with Crippen LogP contribution in [0.4, 0.5) is 4.79 Å². The molecule has 0 aromatic heterocycles. The summed E-state index contributed by atoms with van der Waals surface area (Å²) >= 11 is 0. The fourth-order valence-electron chi connectivity index (χ4n) is 2.99. The van der Waals surface area contributed by atoms with Crippen LogP contribution in [0.2, 0.25) is 0 Å². The van der Waals surface area contributed by atoms with Gasteiger partial charge in [0.25, 0.3) is 0 Å². The number of rotatable bonds is 7. The summed E-state index contributed by atoms with van der Waals surface area (Å²) in [5.41, 5.74) is -2.45. The number of aliphatic hydroxyl groups excluding tert-OH is 1. The fraction of sp³-hybridized carbons (Fsp3) is 0.783. The van der Waals surface area contributed by atoms with Crippen LogP contribution in [0.15, 0.2) is 5.10 Å². The van der Waals surface area contributed by atoms with E-state index >= 15 is 0 Å².